The standard InChI is InChI=1S/C28H36N4O7/c1-15-11-20(31-25(35)19-13-17-18(30-19)7-6-8-23(17)38-5)26(36)32(15)21(12-16-9-10-29-24(16)34)22(33)14-39-27(37)28(2,3)4/h6-8,13,15-16,20-21,30H,9-12,14H2,1-5H3,(H,29,34)(H,31,35)/t15?,16-,20-,21-/m0/s1. The molecular weight excluding hydrogens is 504 g/mol. The largest absolute Gasteiger partial charge is 0.496 e. The summed E-state index contributed by atoms with van der Waals surface area (Å²) < 4.78 is 10.6. The van der Waals surface area contributed by atoms with Crippen LogP contribution in [-0.2, 0) is 23.9 Å². The minimum atomic E-state index is -0.964. The average Bonchev–Trinajstić information content (AvgIpc) is 3.57. The number of esters is 1. The molecule has 3 heterocycles. The second-order valence-corrected chi connectivity index (χ2v) is 11.3. The zero-order chi connectivity index (χ0) is 28.5. The first-order chi connectivity index (χ1) is 18.4. The molecule has 1 unspecified atom stereocenters. The molecule has 0 spiro atoms. The summed E-state index contributed by atoms with van der Waals surface area (Å²) in [5.41, 5.74) is 0.204. The minimum Gasteiger partial charge on any atom is -0.496 e. The normalized spacial score (nSPS) is 22.1. The van der Waals surface area contributed by atoms with Crippen molar-refractivity contribution in [3.63, 3.8) is 0 Å². The monoisotopic (exact) mass is 540 g/mol. The number of amides is 3. The van der Waals surface area contributed by atoms with Crippen LogP contribution in [0.15, 0.2) is 24.3 Å². The van der Waals surface area contributed by atoms with Gasteiger partial charge in [-0.15, -0.1) is 0 Å². The van der Waals surface area contributed by atoms with E-state index in [4.69, 9.17) is 9.47 Å². The smallest absolute Gasteiger partial charge is 0.311 e. The van der Waals surface area contributed by atoms with Crippen LogP contribution in [0.4, 0.5) is 0 Å². The highest BCUT2D eigenvalue weighted by atomic mass is 16.5. The van der Waals surface area contributed by atoms with Crippen molar-refractivity contribution in [1.29, 1.82) is 0 Å². The van der Waals surface area contributed by atoms with Gasteiger partial charge in [0.05, 0.1) is 18.6 Å². The Kier molecular flexibility index (Phi) is 7.99. The van der Waals surface area contributed by atoms with Crippen LogP contribution in [0.25, 0.3) is 10.9 Å². The zero-order valence-electron chi connectivity index (χ0n) is 23.0. The lowest BCUT2D eigenvalue weighted by Crippen LogP contribution is -2.51. The number of hydrogen-bond acceptors (Lipinski definition) is 7. The molecule has 3 amide bonds. The average molecular weight is 541 g/mol. The molecule has 0 radical (unpaired) electrons. The van der Waals surface area contributed by atoms with Crippen molar-refractivity contribution in [3.05, 3.63) is 30.0 Å². The maximum Gasteiger partial charge on any atom is 0.311 e. The summed E-state index contributed by atoms with van der Waals surface area (Å²) in [6.45, 7) is 6.85. The summed E-state index contributed by atoms with van der Waals surface area (Å²) in [6.07, 6.45) is 0.956. The fourth-order valence-electron chi connectivity index (χ4n) is 5.19. The second-order valence-electron chi connectivity index (χ2n) is 11.3. The summed E-state index contributed by atoms with van der Waals surface area (Å²) in [4.78, 5) is 69.1. The summed E-state index contributed by atoms with van der Waals surface area (Å²) in [5.74, 6) is -1.85. The molecular formula is C28H36N4O7. The number of aromatic amines is 1. The van der Waals surface area contributed by atoms with Gasteiger partial charge in [0.25, 0.3) is 5.91 Å². The topological polar surface area (TPSA) is 147 Å². The molecule has 0 aliphatic carbocycles. The molecule has 4 rings (SSSR count). The lowest BCUT2D eigenvalue weighted by atomic mass is 9.94. The Bertz CT molecular complexity index is 1290. The van der Waals surface area contributed by atoms with Crippen LogP contribution in [0, 0.1) is 11.3 Å². The Morgan fingerprint density at radius 3 is 2.59 bits per heavy atom. The number of fused-ring (bicyclic) bond motifs is 1. The van der Waals surface area contributed by atoms with Crippen LogP contribution >= 0.6 is 0 Å². The number of ketones is 1. The van der Waals surface area contributed by atoms with Crippen LogP contribution in [0.1, 0.15) is 57.4 Å². The molecule has 2 aromatic rings. The third-order valence-corrected chi connectivity index (χ3v) is 7.33. The van der Waals surface area contributed by atoms with Crippen molar-refractivity contribution in [2.45, 2.75) is 65.1 Å². The lowest BCUT2D eigenvalue weighted by Gasteiger charge is -2.32. The molecule has 11 nitrogen and oxygen atoms in total. The van der Waals surface area contributed by atoms with E-state index in [1.807, 2.05) is 6.07 Å². The van der Waals surface area contributed by atoms with Gasteiger partial charge in [-0.25, -0.2) is 0 Å². The first-order valence-corrected chi connectivity index (χ1v) is 13.2. The molecule has 3 N–H and O–H groups in total. The van der Waals surface area contributed by atoms with Crippen LogP contribution in [-0.4, -0.2) is 77.7 Å². The Balaban J connectivity index is 1.51. The molecule has 210 valence electrons. The number of Topliss-reactive ketones (excluding diaryl/α,β-unsaturated/α-hetero) is 1. The summed E-state index contributed by atoms with van der Waals surface area (Å²) in [6, 6.07) is 4.87. The lowest BCUT2D eigenvalue weighted by molar-refractivity contribution is -0.157. The van der Waals surface area contributed by atoms with Crippen molar-refractivity contribution in [3.8, 4) is 5.75 Å². The molecule has 0 bridgehead atoms. The third-order valence-electron chi connectivity index (χ3n) is 7.33. The van der Waals surface area contributed by atoms with E-state index >= 15 is 0 Å². The Hall–Kier alpha value is -3.89. The van der Waals surface area contributed by atoms with Crippen molar-refractivity contribution in [2.24, 2.45) is 11.3 Å². The van der Waals surface area contributed by atoms with Crippen molar-refractivity contribution < 1.29 is 33.4 Å². The number of benzene rings is 1. The van der Waals surface area contributed by atoms with Gasteiger partial charge in [0.2, 0.25) is 11.8 Å². The van der Waals surface area contributed by atoms with Crippen LogP contribution in [0.2, 0.25) is 0 Å². The molecule has 4 atom stereocenters. The number of aromatic nitrogens is 1. The van der Waals surface area contributed by atoms with Crippen molar-refractivity contribution >= 4 is 40.4 Å². The highest BCUT2D eigenvalue weighted by Gasteiger charge is 2.45. The number of ether oxygens (including phenoxy) is 2. The number of likely N-dealkylation sites (tertiary alicyclic amines) is 1. The Morgan fingerprint density at radius 1 is 1.21 bits per heavy atom. The van der Waals surface area contributed by atoms with E-state index in [1.165, 1.54) is 4.90 Å². The van der Waals surface area contributed by atoms with E-state index in [1.54, 1.807) is 53.0 Å². The molecule has 1 aromatic carbocycles. The summed E-state index contributed by atoms with van der Waals surface area (Å²) in [7, 11) is 1.55. The van der Waals surface area contributed by atoms with Gasteiger partial charge >= 0.3 is 5.97 Å². The highest BCUT2D eigenvalue weighted by Crippen LogP contribution is 2.29. The number of carbonyl (C=O) groups is 5. The van der Waals surface area contributed by atoms with Crippen LogP contribution < -0.4 is 15.4 Å². The predicted molar refractivity (Wildman–Crippen MR) is 142 cm³/mol. The van der Waals surface area contributed by atoms with Crippen molar-refractivity contribution in [2.75, 3.05) is 20.3 Å². The van der Waals surface area contributed by atoms with Gasteiger partial charge in [-0.3, -0.25) is 24.0 Å². The predicted octanol–water partition coefficient (Wildman–Crippen LogP) is 1.95. The first kappa shape index (κ1) is 28.1. The van der Waals surface area contributed by atoms with Gasteiger partial charge in [0.15, 0.2) is 12.4 Å². The first-order valence-electron chi connectivity index (χ1n) is 13.2. The van der Waals surface area contributed by atoms with Crippen LogP contribution in [0.5, 0.6) is 5.75 Å². The molecule has 1 aromatic heterocycles. The van der Waals surface area contributed by atoms with E-state index < -0.39 is 53.6 Å². The molecule has 2 aliphatic rings. The van der Waals surface area contributed by atoms with Crippen LogP contribution in [0.3, 0.4) is 0 Å². The molecule has 11 heteroatoms. The Morgan fingerprint density at radius 2 is 1.95 bits per heavy atom. The maximum atomic E-state index is 13.6. The van der Waals surface area contributed by atoms with E-state index in [9.17, 15) is 24.0 Å². The molecule has 2 saturated heterocycles. The SMILES string of the molecule is COc1cccc2[nH]c(C(=O)N[C@H]3CC(C)N([C@@H](C[C@@H]4CCNC4=O)C(=O)COC(=O)C(C)(C)C)C3=O)cc12. The fraction of sp³-hybridized carbons (Fsp3) is 0.536. The number of nitrogens with one attached hydrogen (secondary N) is 3. The van der Waals surface area contributed by atoms with E-state index in [0.29, 0.717) is 18.7 Å². The van der Waals surface area contributed by atoms with Gasteiger partial charge in [0, 0.05) is 29.4 Å². The third kappa shape index (κ3) is 5.91. The van der Waals surface area contributed by atoms with E-state index in [0.717, 1.165) is 10.9 Å². The molecule has 2 fully saturated rings. The minimum absolute atomic E-state index is 0.121. The van der Waals surface area contributed by atoms with Crippen molar-refractivity contribution in [1.82, 2.24) is 20.5 Å². The molecule has 39 heavy (non-hydrogen) atoms. The maximum absolute atomic E-state index is 13.6. The quantitative estimate of drug-likeness (QED) is 0.412. The summed E-state index contributed by atoms with van der Waals surface area (Å²) in [5, 5.41) is 6.29. The highest BCUT2D eigenvalue weighted by molar-refractivity contribution is 6.02. The summed E-state index contributed by atoms with van der Waals surface area (Å²) >= 11 is 0. The fourth-order valence-corrected chi connectivity index (χ4v) is 5.19. The molecule has 0 saturated carbocycles. The van der Waals surface area contributed by atoms with E-state index in [2.05, 4.69) is 15.6 Å². The number of methoxy groups -OCH3 is 1. The second kappa shape index (κ2) is 11.1. The number of rotatable bonds is 9. The number of hydrogen-bond donors (Lipinski definition) is 3. The van der Waals surface area contributed by atoms with E-state index in [-0.39, 0.29) is 30.5 Å². The molecule has 2 aliphatic heterocycles. The van der Waals surface area contributed by atoms with Gasteiger partial charge in [-0.1, -0.05) is 6.07 Å². The van der Waals surface area contributed by atoms with Gasteiger partial charge in [-0.2, -0.15) is 0 Å². The van der Waals surface area contributed by atoms with Gasteiger partial charge in [0.1, 0.15) is 17.5 Å². The number of nitrogens with zero attached hydrogens (tertiary/aromatic N) is 1. The number of carbonyl (C=O) groups excluding carboxylic acids is 5. The van der Waals surface area contributed by atoms with Gasteiger partial charge in [-0.05, 0) is 65.2 Å². The Labute approximate surface area is 227 Å². The number of H-pyrrole nitrogens is 1. The van der Waals surface area contributed by atoms with Gasteiger partial charge < -0.3 is 30.0 Å². The zero-order valence-corrected chi connectivity index (χ0v) is 23.0.